The molecular weight excluding hydrogens is 192 g/mol. The third kappa shape index (κ3) is 2.15. The van der Waals surface area contributed by atoms with Gasteiger partial charge in [-0.1, -0.05) is 0 Å². The normalized spacial score (nSPS) is 20.5. The lowest BCUT2D eigenvalue weighted by Crippen LogP contribution is -2.37. The van der Waals surface area contributed by atoms with E-state index in [0.29, 0.717) is 6.04 Å². The van der Waals surface area contributed by atoms with Gasteiger partial charge < -0.3 is 4.90 Å². The number of likely N-dealkylation sites (tertiary alicyclic amines) is 1. The Labute approximate surface area is 90.0 Å². The largest absolute Gasteiger partial charge is 0.301 e. The number of hydrogen-bond donors (Lipinski definition) is 0. The first kappa shape index (κ1) is 10.1. The van der Waals surface area contributed by atoms with Crippen LogP contribution in [0, 0.1) is 0 Å². The van der Waals surface area contributed by atoms with E-state index in [1.807, 2.05) is 17.5 Å². The van der Waals surface area contributed by atoms with Gasteiger partial charge >= 0.3 is 0 Å². The topological polar surface area (TPSA) is 16.1 Å². The maximum Gasteiger partial charge on any atom is 0.0956 e. The Morgan fingerprint density at radius 1 is 1.43 bits per heavy atom. The van der Waals surface area contributed by atoms with Crippen molar-refractivity contribution in [3.63, 3.8) is 0 Å². The highest BCUT2D eigenvalue weighted by atomic mass is 32.1. The minimum atomic E-state index is 0.701. The molecule has 2 heterocycles. The molecule has 78 valence electrons. The highest BCUT2D eigenvalue weighted by molar-refractivity contribution is 7.09. The van der Waals surface area contributed by atoms with E-state index in [1.165, 1.54) is 30.9 Å². The van der Waals surface area contributed by atoms with Gasteiger partial charge in [-0.25, -0.2) is 4.98 Å². The third-order valence-electron chi connectivity index (χ3n) is 3.06. The maximum absolute atomic E-state index is 4.41. The van der Waals surface area contributed by atoms with Crippen molar-refractivity contribution in [1.29, 1.82) is 0 Å². The Kier molecular flexibility index (Phi) is 3.19. The number of rotatable bonds is 2. The van der Waals surface area contributed by atoms with Crippen LogP contribution in [0.5, 0.6) is 0 Å². The van der Waals surface area contributed by atoms with E-state index in [9.17, 15) is 0 Å². The Bertz CT molecular complexity index is 261. The lowest BCUT2D eigenvalue weighted by molar-refractivity contribution is 0.172. The molecular formula is C11H18N2S. The molecule has 1 fully saturated rings. The predicted molar refractivity (Wildman–Crippen MR) is 60.8 cm³/mol. The zero-order valence-electron chi connectivity index (χ0n) is 8.94. The number of nitrogens with zero attached hydrogens (tertiary/aromatic N) is 2. The van der Waals surface area contributed by atoms with Crippen molar-refractivity contribution in [2.45, 2.75) is 38.6 Å². The molecule has 1 aliphatic heterocycles. The van der Waals surface area contributed by atoms with Gasteiger partial charge in [0.15, 0.2) is 0 Å². The average Bonchev–Trinajstić information content (AvgIpc) is 2.71. The van der Waals surface area contributed by atoms with Gasteiger partial charge in [0.1, 0.15) is 0 Å². The van der Waals surface area contributed by atoms with E-state index < -0.39 is 0 Å². The first-order valence-corrected chi connectivity index (χ1v) is 6.29. The summed E-state index contributed by atoms with van der Waals surface area (Å²) in [7, 11) is 0. The summed E-state index contributed by atoms with van der Waals surface area (Å²) < 4.78 is 0. The first-order chi connectivity index (χ1) is 6.77. The van der Waals surface area contributed by atoms with Gasteiger partial charge in [0.05, 0.1) is 5.01 Å². The number of piperidine rings is 1. The molecule has 0 radical (unpaired) electrons. The number of hydrogen-bond acceptors (Lipinski definition) is 3. The Balaban J connectivity index is 1.90. The van der Waals surface area contributed by atoms with Crippen LogP contribution < -0.4 is 0 Å². The number of thiazole rings is 1. The molecule has 0 aromatic carbocycles. The fraction of sp³-hybridized carbons (Fsp3) is 0.727. The summed E-state index contributed by atoms with van der Waals surface area (Å²) in [6.45, 7) is 7.04. The van der Waals surface area contributed by atoms with Gasteiger partial charge in [-0.15, -0.1) is 11.3 Å². The van der Waals surface area contributed by atoms with Crippen molar-refractivity contribution in [1.82, 2.24) is 9.88 Å². The molecule has 1 aromatic heterocycles. The van der Waals surface area contributed by atoms with Gasteiger partial charge in [-0.3, -0.25) is 0 Å². The van der Waals surface area contributed by atoms with E-state index in [2.05, 4.69) is 29.1 Å². The molecule has 14 heavy (non-hydrogen) atoms. The Morgan fingerprint density at radius 3 is 2.64 bits per heavy atom. The van der Waals surface area contributed by atoms with Crippen LogP contribution in [-0.4, -0.2) is 29.0 Å². The van der Waals surface area contributed by atoms with Crippen LogP contribution in [0.2, 0.25) is 0 Å². The summed E-state index contributed by atoms with van der Waals surface area (Å²) in [5, 5.41) is 3.43. The molecule has 0 bridgehead atoms. The monoisotopic (exact) mass is 210 g/mol. The Hall–Kier alpha value is -0.410. The van der Waals surface area contributed by atoms with E-state index in [1.54, 1.807) is 0 Å². The van der Waals surface area contributed by atoms with Crippen molar-refractivity contribution in [3.8, 4) is 0 Å². The zero-order chi connectivity index (χ0) is 9.97. The van der Waals surface area contributed by atoms with Crippen LogP contribution in [0.3, 0.4) is 0 Å². The Morgan fingerprint density at radius 2 is 2.14 bits per heavy atom. The van der Waals surface area contributed by atoms with Crippen LogP contribution in [0.15, 0.2) is 11.6 Å². The lowest BCUT2D eigenvalue weighted by Gasteiger charge is -2.33. The summed E-state index contributed by atoms with van der Waals surface area (Å²) in [5.41, 5.74) is 0. The molecule has 0 saturated carbocycles. The van der Waals surface area contributed by atoms with Gasteiger partial charge in [0.25, 0.3) is 0 Å². The van der Waals surface area contributed by atoms with Crippen molar-refractivity contribution >= 4 is 11.3 Å². The quantitative estimate of drug-likeness (QED) is 0.746. The molecule has 0 atom stereocenters. The fourth-order valence-corrected chi connectivity index (χ4v) is 2.91. The minimum Gasteiger partial charge on any atom is -0.301 e. The second kappa shape index (κ2) is 4.41. The van der Waals surface area contributed by atoms with E-state index in [0.717, 1.165) is 5.92 Å². The SMILES string of the molecule is CC(C)N1CCC(c2nccs2)CC1. The van der Waals surface area contributed by atoms with Crippen molar-refractivity contribution in [3.05, 3.63) is 16.6 Å². The summed E-state index contributed by atoms with van der Waals surface area (Å²) in [4.78, 5) is 6.97. The molecule has 0 N–H and O–H groups in total. The highest BCUT2D eigenvalue weighted by Gasteiger charge is 2.23. The van der Waals surface area contributed by atoms with Crippen LogP contribution >= 0.6 is 11.3 Å². The van der Waals surface area contributed by atoms with E-state index in [-0.39, 0.29) is 0 Å². The second-order valence-corrected chi connectivity index (χ2v) is 5.20. The highest BCUT2D eigenvalue weighted by Crippen LogP contribution is 2.29. The summed E-state index contributed by atoms with van der Waals surface area (Å²) in [6.07, 6.45) is 4.49. The van der Waals surface area contributed by atoms with Gasteiger partial charge in [0.2, 0.25) is 0 Å². The molecule has 2 nitrogen and oxygen atoms in total. The minimum absolute atomic E-state index is 0.701. The molecule has 3 heteroatoms. The second-order valence-electron chi connectivity index (χ2n) is 4.27. The summed E-state index contributed by atoms with van der Waals surface area (Å²) in [6, 6.07) is 0.701. The van der Waals surface area contributed by atoms with Crippen molar-refractivity contribution < 1.29 is 0 Å². The van der Waals surface area contributed by atoms with Crippen LogP contribution in [0.1, 0.15) is 37.6 Å². The lowest BCUT2D eigenvalue weighted by atomic mass is 9.97. The predicted octanol–water partition coefficient (Wildman–Crippen LogP) is 2.73. The van der Waals surface area contributed by atoms with Crippen molar-refractivity contribution in [2.24, 2.45) is 0 Å². The first-order valence-electron chi connectivity index (χ1n) is 5.41. The molecule has 1 saturated heterocycles. The number of aromatic nitrogens is 1. The third-order valence-corrected chi connectivity index (χ3v) is 4.00. The van der Waals surface area contributed by atoms with Gasteiger partial charge in [-0.05, 0) is 39.8 Å². The molecule has 0 amide bonds. The summed E-state index contributed by atoms with van der Waals surface area (Å²) in [5.74, 6) is 0.727. The van der Waals surface area contributed by atoms with Gasteiger partial charge in [0, 0.05) is 23.5 Å². The fourth-order valence-electron chi connectivity index (χ4n) is 2.10. The molecule has 0 aliphatic carbocycles. The standard InChI is InChI=1S/C11H18N2S/c1-9(2)13-6-3-10(4-7-13)11-12-5-8-14-11/h5,8-10H,3-4,6-7H2,1-2H3. The molecule has 0 spiro atoms. The molecule has 1 aromatic rings. The molecule has 2 rings (SSSR count). The van der Waals surface area contributed by atoms with Crippen molar-refractivity contribution in [2.75, 3.05) is 13.1 Å². The van der Waals surface area contributed by atoms with Crippen LogP contribution in [0.4, 0.5) is 0 Å². The van der Waals surface area contributed by atoms with Gasteiger partial charge in [-0.2, -0.15) is 0 Å². The average molecular weight is 210 g/mol. The maximum atomic E-state index is 4.41. The smallest absolute Gasteiger partial charge is 0.0956 e. The van der Waals surface area contributed by atoms with E-state index >= 15 is 0 Å². The summed E-state index contributed by atoms with van der Waals surface area (Å²) >= 11 is 1.81. The van der Waals surface area contributed by atoms with Crippen LogP contribution in [0.25, 0.3) is 0 Å². The van der Waals surface area contributed by atoms with E-state index in [4.69, 9.17) is 0 Å². The molecule has 0 unspecified atom stereocenters. The zero-order valence-corrected chi connectivity index (χ0v) is 9.76. The molecule has 1 aliphatic rings. The van der Waals surface area contributed by atoms with Crippen LogP contribution in [-0.2, 0) is 0 Å².